The Morgan fingerprint density at radius 2 is 1.92 bits per heavy atom. The molecule has 0 aliphatic rings. The second-order valence-electron chi connectivity index (χ2n) is 3.18. The Bertz CT molecular complexity index is 305. The molecule has 12 heavy (non-hydrogen) atoms. The van der Waals surface area contributed by atoms with Gasteiger partial charge in [-0.2, -0.15) is 4.73 Å². The van der Waals surface area contributed by atoms with Crippen LogP contribution in [-0.4, -0.2) is 0 Å². The van der Waals surface area contributed by atoms with Gasteiger partial charge in [-0.3, -0.25) is 0 Å². The lowest BCUT2D eigenvalue weighted by Crippen LogP contribution is -2.31. The van der Waals surface area contributed by atoms with Crippen molar-refractivity contribution in [1.29, 1.82) is 0 Å². The summed E-state index contributed by atoms with van der Waals surface area (Å²) in [5.41, 5.74) is 4.35. The van der Waals surface area contributed by atoms with Gasteiger partial charge in [0.2, 0.25) is 0 Å². The summed E-state index contributed by atoms with van der Waals surface area (Å²) in [6.07, 6.45) is 2.65. The summed E-state index contributed by atoms with van der Waals surface area (Å²) in [6, 6.07) is 0. The molecule has 0 saturated heterocycles. The van der Waals surface area contributed by atoms with E-state index in [1.165, 1.54) is 5.56 Å². The molecule has 0 saturated carbocycles. The molecule has 0 N–H and O–H groups in total. The Morgan fingerprint density at radius 1 is 1.33 bits per heavy atom. The fourth-order valence-corrected chi connectivity index (χ4v) is 1.57. The summed E-state index contributed by atoms with van der Waals surface area (Å²) >= 11 is 0. The van der Waals surface area contributed by atoms with Crippen molar-refractivity contribution in [3.63, 3.8) is 0 Å². The topological polar surface area (TPSA) is 26.9 Å². The molecule has 1 rings (SSSR count). The van der Waals surface area contributed by atoms with Crippen LogP contribution in [0.3, 0.4) is 0 Å². The highest BCUT2D eigenvalue weighted by atomic mass is 16.5. The standard InChI is InChI=1S/C10H15NO/c1-5-10-7(2)6-11(12)9(4)8(10)3/h6H,5H2,1-4H3. The van der Waals surface area contributed by atoms with E-state index >= 15 is 0 Å². The maximum Gasteiger partial charge on any atom is 0.192 e. The fraction of sp³-hybridized carbons (Fsp3) is 0.500. The molecule has 0 amide bonds. The van der Waals surface area contributed by atoms with Crippen molar-refractivity contribution in [2.24, 2.45) is 0 Å². The molecule has 66 valence electrons. The van der Waals surface area contributed by atoms with Crippen molar-refractivity contribution in [3.8, 4) is 0 Å². The molecule has 0 aliphatic heterocycles. The quantitative estimate of drug-likeness (QED) is 0.460. The van der Waals surface area contributed by atoms with Crippen molar-refractivity contribution in [1.82, 2.24) is 0 Å². The molecule has 1 aromatic heterocycles. The van der Waals surface area contributed by atoms with Gasteiger partial charge in [0.1, 0.15) is 0 Å². The zero-order valence-electron chi connectivity index (χ0n) is 8.14. The SMILES string of the molecule is CCc1c(C)c[n+]([O-])c(C)c1C. The van der Waals surface area contributed by atoms with Gasteiger partial charge >= 0.3 is 0 Å². The van der Waals surface area contributed by atoms with Crippen LogP contribution in [0.25, 0.3) is 0 Å². The molecule has 0 aromatic carbocycles. The van der Waals surface area contributed by atoms with E-state index in [9.17, 15) is 5.21 Å². The zero-order chi connectivity index (χ0) is 9.30. The molecule has 1 heterocycles. The highest BCUT2D eigenvalue weighted by molar-refractivity contribution is 5.31. The maximum atomic E-state index is 11.2. The Hall–Kier alpha value is -1.05. The Balaban J connectivity index is 3.40. The van der Waals surface area contributed by atoms with E-state index in [1.807, 2.05) is 20.8 Å². The van der Waals surface area contributed by atoms with Crippen molar-refractivity contribution in [2.45, 2.75) is 34.1 Å². The molecule has 2 nitrogen and oxygen atoms in total. The smallest absolute Gasteiger partial charge is 0.192 e. The molecule has 2 heteroatoms. The summed E-state index contributed by atoms with van der Waals surface area (Å²) < 4.78 is 0.948. The van der Waals surface area contributed by atoms with E-state index in [0.717, 1.165) is 28.0 Å². The molecule has 0 unspecified atom stereocenters. The Kier molecular flexibility index (Phi) is 2.36. The van der Waals surface area contributed by atoms with Crippen LogP contribution in [0, 0.1) is 26.0 Å². The predicted octanol–water partition coefficient (Wildman–Crippen LogP) is 1.81. The van der Waals surface area contributed by atoms with Crippen LogP contribution >= 0.6 is 0 Å². The number of hydrogen-bond donors (Lipinski definition) is 0. The van der Waals surface area contributed by atoms with Gasteiger partial charge in [0.05, 0.1) is 0 Å². The molecule has 0 bridgehead atoms. The van der Waals surface area contributed by atoms with Gasteiger partial charge in [-0.1, -0.05) is 6.92 Å². The fourth-order valence-electron chi connectivity index (χ4n) is 1.57. The summed E-state index contributed by atoms with van der Waals surface area (Å²) in [5, 5.41) is 11.2. The van der Waals surface area contributed by atoms with Crippen molar-refractivity contribution < 1.29 is 4.73 Å². The second-order valence-corrected chi connectivity index (χ2v) is 3.18. The lowest BCUT2D eigenvalue weighted by Gasteiger charge is -2.10. The van der Waals surface area contributed by atoms with Gasteiger partial charge in [-0.05, 0) is 25.8 Å². The molecule has 0 fully saturated rings. The van der Waals surface area contributed by atoms with Gasteiger partial charge < -0.3 is 5.21 Å². The van der Waals surface area contributed by atoms with Crippen LogP contribution in [0.4, 0.5) is 0 Å². The summed E-state index contributed by atoms with van der Waals surface area (Å²) in [7, 11) is 0. The van der Waals surface area contributed by atoms with E-state index in [2.05, 4.69) is 6.92 Å². The second kappa shape index (κ2) is 3.13. The Labute approximate surface area is 73.4 Å². The van der Waals surface area contributed by atoms with Crippen molar-refractivity contribution >= 4 is 0 Å². The molecular formula is C10H15NO. The van der Waals surface area contributed by atoms with Gasteiger partial charge in [-0.25, -0.2) is 0 Å². The van der Waals surface area contributed by atoms with Crippen LogP contribution < -0.4 is 4.73 Å². The minimum Gasteiger partial charge on any atom is -0.618 e. The number of pyridine rings is 1. The van der Waals surface area contributed by atoms with Gasteiger partial charge in [0.15, 0.2) is 11.9 Å². The van der Waals surface area contributed by atoms with Crippen molar-refractivity contribution in [3.05, 3.63) is 33.8 Å². The third-order valence-electron chi connectivity index (χ3n) is 2.47. The van der Waals surface area contributed by atoms with Gasteiger partial charge in [-0.15, -0.1) is 0 Å². The lowest BCUT2D eigenvalue weighted by atomic mass is 10.0. The van der Waals surface area contributed by atoms with E-state index in [0.29, 0.717) is 0 Å². The number of nitrogens with zero attached hydrogens (tertiary/aromatic N) is 1. The summed E-state index contributed by atoms with van der Waals surface area (Å²) in [4.78, 5) is 0. The number of hydrogen-bond acceptors (Lipinski definition) is 1. The third-order valence-corrected chi connectivity index (χ3v) is 2.47. The number of rotatable bonds is 1. The lowest BCUT2D eigenvalue weighted by molar-refractivity contribution is -0.613. The average molecular weight is 165 g/mol. The summed E-state index contributed by atoms with van der Waals surface area (Å²) in [6.45, 7) is 7.97. The van der Waals surface area contributed by atoms with Gasteiger partial charge in [0, 0.05) is 18.1 Å². The molecule has 0 atom stereocenters. The van der Waals surface area contributed by atoms with Crippen LogP contribution in [0.1, 0.15) is 29.3 Å². The van der Waals surface area contributed by atoms with E-state index in [1.54, 1.807) is 6.20 Å². The highest BCUT2D eigenvalue weighted by Gasteiger charge is 2.10. The van der Waals surface area contributed by atoms with E-state index < -0.39 is 0 Å². The normalized spacial score (nSPS) is 10.3. The number of aromatic nitrogens is 1. The minimum atomic E-state index is 0.817. The first-order valence-corrected chi connectivity index (χ1v) is 4.26. The van der Waals surface area contributed by atoms with Crippen LogP contribution in [0.5, 0.6) is 0 Å². The third kappa shape index (κ3) is 1.29. The molecule has 0 spiro atoms. The van der Waals surface area contributed by atoms with Crippen LogP contribution in [0.15, 0.2) is 6.20 Å². The first-order valence-electron chi connectivity index (χ1n) is 4.26. The van der Waals surface area contributed by atoms with Crippen LogP contribution in [0.2, 0.25) is 0 Å². The Morgan fingerprint density at radius 3 is 2.42 bits per heavy atom. The van der Waals surface area contributed by atoms with E-state index in [4.69, 9.17) is 0 Å². The predicted molar refractivity (Wildman–Crippen MR) is 49.0 cm³/mol. The molecule has 1 aromatic rings. The first kappa shape index (κ1) is 9.04. The molecular weight excluding hydrogens is 150 g/mol. The average Bonchev–Trinajstić information content (AvgIpc) is 2.01. The molecule has 0 radical (unpaired) electrons. The monoisotopic (exact) mass is 165 g/mol. The van der Waals surface area contributed by atoms with E-state index in [-0.39, 0.29) is 0 Å². The maximum absolute atomic E-state index is 11.2. The van der Waals surface area contributed by atoms with Crippen molar-refractivity contribution in [2.75, 3.05) is 0 Å². The van der Waals surface area contributed by atoms with Gasteiger partial charge in [0.25, 0.3) is 0 Å². The van der Waals surface area contributed by atoms with Crippen LogP contribution in [-0.2, 0) is 6.42 Å². The largest absolute Gasteiger partial charge is 0.618 e. The minimum absolute atomic E-state index is 0.817. The summed E-state index contributed by atoms with van der Waals surface area (Å²) in [5.74, 6) is 0. The highest BCUT2D eigenvalue weighted by Crippen LogP contribution is 2.14. The number of aryl methyl sites for hydroxylation is 1. The molecule has 0 aliphatic carbocycles. The first-order chi connectivity index (χ1) is 5.57. The zero-order valence-corrected chi connectivity index (χ0v) is 8.14.